The van der Waals surface area contributed by atoms with Crippen molar-refractivity contribution in [1.82, 2.24) is 0 Å². The van der Waals surface area contributed by atoms with Gasteiger partial charge in [-0.2, -0.15) is 0 Å². The molecule has 0 unspecified atom stereocenters. The van der Waals surface area contributed by atoms with Crippen molar-refractivity contribution in [3.63, 3.8) is 0 Å². The molecular formula is C20H40O5Si2. The van der Waals surface area contributed by atoms with Gasteiger partial charge in [0.1, 0.15) is 0 Å². The molecule has 0 spiro atoms. The molecule has 0 saturated heterocycles. The molecule has 0 aromatic heterocycles. The minimum Gasteiger partial charge on any atom is -0.468 e. The first-order valence-electron chi connectivity index (χ1n) is 10.1. The van der Waals surface area contributed by atoms with E-state index < -0.39 is 34.0 Å². The third kappa shape index (κ3) is 5.04. The molecule has 1 rings (SSSR count). The first-order valence-corrected chi connectivity index (χ1v) is 15.8. The normalized spacial score (nSPS) is 23.0. The lowest BCUT2D eigenvalue weighted by Gasteiger charge is -2.45. The van der Waals surface area contributed by atoms with Gasteiger partial charge in [-0.3, -0.25) is 9.59 Å². The number of methoxy groups -OCH3 is 2. The number of carbonyl (C=O) groups excluding carboxylic acids is 2. The third-order valence-electron chi connectivity index (χ3n) is 6.27. The highest BCUT2D eigenvalue weighted by molar-refractivity contribution is 6.87. The van der Waals surface area contributed by atoms with Crippen LogP contribution in [0.5, 0.6) is 0 Å². The highest BCUT2D eigenvalue weighted by Crippen LogP contribution is 2.53. The SMILES string of the molecule is COC(=O)C1(C(=O)OC)C[C@H](C[Si](O[Si](C)(C)C)(C(C)C)C(C)C)[C@@H](C)C1. The van der Waals surface area contributed by atoms with Crippen LogP contribution in [0.1, 0.15) is 47.5 Å². The molecule has 0 aromatic carbocycles. The van der Waals surface area contributed by atoms with Crippen LogP contribution < -0.4 is 0 Å². The van der Waals surface area contributed by atoms with Crippen molar-refractivity contribution < 1.29 is 23.2 Å². The predicted molar refractivity (Wildman–Crippen MR) is 114 cm³/mol. The van der Waals surface area contributed by atoms with Gasteiger partial charge in [0.2, 0.25) is 0 Å². The van der Waals surface area contributed by atoms with Crippen LogP contribution in [0.2, 0.25) is 36.8 Å². The fraction of sp³-hybridized carbons (Fsp3) is 0.900. The van der Waals surface area contributed by atoms with Crippen LogP contribution in [0.15, 0.2) is 0 Å². The third-order valence-corrected chi connectivity index (χ3v) is 15.3. The van der Waals surface area contributed by atoms with Crippen molar-refractivity contribution in [3.05, 3.63) is 0 Å². The van der Waals surface area contributed by atoms with Gasteiger partial charge in [-0.1, -0.05) is 34.6 Å². The second kappa shape index (κ2) is 8.78. The molecule has 27 heavy (non-hydrogen) atoms. The number of rotatable bonds is 8. The van der Waals surface area contributed by atoms with Crippen LogP contribution >= 0.6 is 0 Å². The molecule has 0 N–H and O–H groups in total. The van der Waals surface area contributed by atoms with Crippen molar-refractivity contribution in [2.45, 2.75) is 84.2 Å². The zero-order chi connectivity index (χ0) is 21.2. The predicted octanol–water partition coefficient (Wildman–Crippen LogP) is 4.98. The Balaban J connectivity index is 3.27. The fourth-order valence-electron chi connectivity index (χ4n) is 4.92. The summed E-state index contributed by atoms with van der Waals surface area (Å²) in [5.74, 6) is -0.416. The van der Waals surface area contributed by atoms with Crippen molar-refractivity contribution in [2.75, 3.05) is 14.2 Å². The monoisotopic (exact) mass is 416 g/mol. The summed E-state index contributed by atoms with van der Waals surface area (Å²) in [6, 6.07) is 0.976. The van der Waals surface area contributed by atoms with Gasteiger partial charge in [0, 0.05) is 0 Å². The maximum absolute atomic E-state index is 12.6. The van der Waals surface area contributed by atoms with Gasteiger partial charge in [0.15, 0.2) is 22.0 Å². The second-order valence-corrected chi connectivity index (χ2v) is 19.6. The van der Waals surface area contributed by atoms with Crippen LogP contribution in [0.4, 0.5) is 0 Å². The van der Waals surface area contributed by atoms with Crippen LogP contribution in [0, 0.1) is 17.3 Å². The smallest absolute Gasteiger partial charge is 0.323 e. The molecule has 158 valence electrons. The summed E-state index contributed by atoms with van der Waals surface area (Å²) in [6.45, 7) is 18.0. The van der Waals surface area contributed by atoms with E-state index in [2.05, 4.69) is 54.3 Å². The van der Waals surface area contributed by atoms with Crippen molar-refractivity contribution >= 4 is 28.6 Å². The summed E-state index contributed by atoms with van der Waals surface area (Å²) in [7, 11) is -1.12. The summed E-state index contributed by atoms with van der Waals surface area (Å²) in [5, 5.41) is 0. The molecule has 7 heteroatoms. The standard InChI is InChI=1S/C20H40O5Si2/c1-14(2)27(15(3)4,25-26(8,9)10)13-17-12-20(11-16(17)5,18(21)23-6)19(22)24-7/h14-17H,11-13H2,1-10H3/t16-,17+/m0/s1. The zero-order valence-electron chi connectivity index (χ0n) is 19.0. The van der Waals surface area contributed by atoms with Gasteiger partial charge in [-0.25, -0.2) is 0 Å². The van der Waals surface area contributed by atoms with Crippen LogP contribution in [-0.2, 0) is 23.2 Å². The lowest BCUT2D eigenvalue weighted by atomic mass is 9.85. The molecule has 0 bridgehead atoms. The van der Waals surface area contributed by atoms with Crippen LogP contribution in [-0.4, -0.2) is 42.8 Å². The average Bonchev–Trinajstić information content (AvgIpc) is 2.88. The number of carbonyl (C=O) groups is 2. The summed E-state index contributed by atoms with van der Waals surface area (Å²) in [4.78, 5) is 25.1. The molecule has 1 aliphatic rings. The fourth-order valence-corrected chi connectivity index (χ4v) is 15.3. The Morgan fingerprint density at radius 3 is 1.74 bits per heavy atom. The largest absolute Gasteiger partial charge is 0.468 e. The molecular weight excluding hydrogens is 376 g/mol. The number of hydrogen-bond acceptors (Lipinski definition) is 5. The van der Waals surface area contributed by atoms with Gasteiger partial charge < -0.3 is 13.6 Å². The minimum atomic E-state index is -2.09. The Hall–Kier alpha value is -0.666. The van der Waals surface area contributed by atoms with E-state index in [0.29, 0.717) is 23.9 Å². The topological polar surface area (TPSA) is 61.8 Å². The van der Waals surface area contributed by atoms with E-state index in [0.717, 1.165) is 6.04 Å². The molecule has 1 fully saturated rings. The maximum Gasteiger partial charge on any atom is 0.323 e. The van der Waals surface area contributed by atoms with E-state index in [9.17, 15) is 9.59 Å². The van der Waals surface area contributed by atoms with Gasteiger partial charge in [-0.05, 0) is 61.4 Å². The van der Waals surface area contributed by atoms with E-state index >= 15 is 0 Å². The van der Waals surface area contributed by atoms with Crippen molar-refractivity contribution in [2.24, 2.45) is 17.3 Å². The summed E-state index contributed by atoms with van der Waals surface area (Å²) < 4.78 is 17.0. The average molecular weight is 417 g/mol. The molecule has 1 aliphatic carbocycles. The van der Waals surface area contributed by atoms with Gasteiger partial charge in [-0.15, -0.1) is 0 Å². The highest BCUT2D eigenvalue weighted by Gasteiger charge is 2.58. The van der Waals surface area contributed by atoms with Crippen molar-refractivity contribution in [3.8, 4) is 0 Å². The molecule has 1 saturated carbocycles. The molecule has 0 aliphatic heterocycles. The summed E-state index contributed by atoms with van der Waals surface area (Å²) in [5.41, 5.74) is -0.216. The highest BCUT2D eigenvalue weighted by atomic mass is 28.4. The minimum absolute atomic E-state index is 0.248. The van der Waals surface area contributed by atoms with Gasteiger partial charge >= 0.3 is 11.9 Å². The Morgan fingerprint density at radius 1 is 0.963 bits per heavy atom. The van der Waals surface area contributed by atoms with E-state index in [1.807, 2.05) is 0 Å². The Morgan fingerprint density at radius 2 is 1.41 bits per heavy atom. The number of ether oxygens (including phenoxy) is 2. The quantitative estimate of drug-likeness (QED) is 0.317. The second-order valence-electron chi connectivity index (χ2n) is 9.89. The molecule has 5 nitrogen and oxygen atoms in total. The summed E-state index contributed by atoms with van der Waals surface area (Å²) in [6.07, 6.45) is 0.987. The van der Waals surface area contributed by atoms with E-state index in [1.54, 1.807) is 0 Å². The number of hydrogen-bond donors (Lipinski definition) is 0. The lowest BCUT2D eigenvalue weighted by Crippen LogP contribution is -2.53. The molecule has 0 radical (unpaired) electrons. The van der Waals surface area contributed by atoms with Crippen LogP contribution in [0.25, 0.3) is 0 Å². The Bertz CT molecular complexity index is 515. The van der Waals surface area contributed by atoms with E-state index in [-0.39, 0.29) is 11.8 Å². The van der Waals surface area contributed by atoms with Crippen molar-refractivity contribution in [1.29, 1.82) is 0 Å². The molecule has 2 atom stereocenters. The Labute approximate surface area is 167 Å². The zero-order valence-corrected chi connectivity index (χ0v) is 21.0. The molecule has 0 amide bonds. The molecule has 0 aromatic rings. The van der Waals surface area contributed by atoms with Crippen LogP contribution in [0.3, 0.4) is 0 Å². The first kappa shape index (κ1) is 24.4. The maximum atomic E-state index is 12.6. The number of esters is 2. The molecule has 0 heterocycles. The van der Waals surface area contributed by atoms with E-state index in [4.69, 9.17) is 13.6 Å². The van der Waals surface area contributed by atoms with E-state index in [1.165, 1.54) is 14.2 Å². The summed E-state index contributed by atoms with van der Waals surface area (Å²) >= 11 is 0. The lowest BCUT2D eigenvalue weighted by molar-refractivity contribution is -0.169. The Kier molecular flexibility index (Phi) is 7.93. The first-order chi connectivity index (χ1) is 12.3. The van der Waals surface area contributed by atoms with Gasteiger partial charge in [0.05, 0.1) is 14.2 Å². The van der Waals surface area contributed by atoms with Gasteiger partial charge in [0.25, 0.3) is 0 Å².